The van der Waals surface area contributed by atoms with E-state index in [0.717, 1.165) is 5.56 Å². The maximum atomic E-state index is 15.7. The molecule has 8 heteroatoms. The molecule has 0 radical (unpaired) electrons. The molecule has 1 amide bonds. The molecule has 0 fully saturated rings. The Kier molecular flexibility index (Phi) is 6.30. The molecule has 1 aliphatic rings. The zero-order chi connectivity index (χ0) is 23.8. The summed E-state index contributed by atoms with van der Waals surface area (Å²) in [7, 11) is 0. The maximum absolute atomic E-state index is 15.7. The van der Waals surface area contributed by atoms with Crippen molar-refractivity contribution in [3.63, 3.8) is 0 Å². The number of benzene rings is 3. The van der Waals surface area contributed by atoms with Gasteiger partial charge in [0.25, 0.3) is 0 Å². The van der Waals surface area contributed by atoms with Gasteiger partial charge in [-0.3, -0.25) is 4.79 Å². The van der Waals surface area contributed by atoms with Gasteiger partial charge in [0.05, 0.1) is 11.7 Å². The van der Waals surface area contributed by atoms with Crippen molar-refractivity contribution in [3.8, 4) is 22.6 Å². The van der Waals surface area contributed by atoms with Gasteiger partial charge < -0.3 is 26.0 Å². The third-order valence-electron chi connectivity index (χ3n) is 5.72. The van der Waals surface area contributed by atoms with Crippen LogP contribution in [0.2, 0.25) is 5.02 Å². The third kappa shape index (κ3) is 4.15. The molecule has 6 nitrogen and oxygen atoms in total. The number of hydrogen-bond donors (Lipinski definition) is 3. The molecule has 33 heavy (non-hydrogen) atoms. The summed E-state index contributed by atoms with van der Waals surface area (Å²) in [6.45, 7) is 1.57. The van der Waals surface area contributed by atoms with Gasteiger partial charge in [-0.25, -0.2) is 4.39 Å². The fraction of sp³-hybridized carbons (Fsp3) is 0.240. The number of nitrogens with two attached hydrogens (primary N) is 2. The monoisotopic (exact) mass is 470 g/mol. The first-order valence-corrected chi connectivity index (χ1v) is 10.8. The number of carbonyl (C=O) groups excluding carboxylic acids is 1. The molecule has 0 spiro atoms. The first-order chi connectivity index (χ1) is 15.8. The Balaban J connectivity index is 1.90. The quantitative estimate of drug-likeness (QED) is 0.487. The largest absolute Gasteiger partial charge is 0.488 e. The first kappa shape index (κ1) is 23.0. The lowest BCUT2D eigenvalue weighted by Gasteiger charge is -2.27. The minimum Gasteiger partial charge on any atom is -0.488 e. The summed E-state index contributed by atoms with van der Waals surface area (Å²) >= 11 is 6.57. The number of ether oxygens (including phenoxy) is 2. The highest BCUT2D eigenvalue weighted by atomic mass is 35.5. The number of aliphatic hydroxyl groups excluding tert-OH is 1. The number of fused-ring (bicyclic) bond motifs is 1. The Bertz CT molecular complexity index is 1200. The lowest BCUT2D eigenvalue weighted by Crippen LogP contribution is -2.39. The van der Waals surface area contributed by atoms with Crippen LogP contribution in [0.4, 0.5) is 4.39 Å². The number of primary amides is 1. The van der Waals surface area contributed by atoms with Gasteiger partial charge in [0, 0.05) is 34.7 Å². The summed E-state index contributed by atoms with van der Waals surface area (Å²) in [5.74, 6) is -1.25. The predicted molar refractivity (Wildman–Crippen MR) is 124 cm³/mol. The van der Waals surface area contributed by atoms with Crippen molar-refractivity contribution in [1.29, 1.82) is 0 Å². The van der Waals surface area contributed by atoms with E-state index < -0.39 is 23.4 Å². The van der Waals surface area contributed by atoms with Crippen LogP contribution in [0.3, 0.4) is 0 Å². The van der Waals surface area contributed by atoms with E-state index in [2.05, 4.69) is 0 Å². The normalized spacial score (nSPS) is 17.8. The van der Waals surface area contributed by atoms with E-state index in [0.29, 0.717) is 23.3 Å². The van der Waals surface area contributed by atoms with E-state index in [9.17, 15) is 9.90 Å². The number of hydrogen-bond acceptors (Lipinski definition) is 5. The van der Waals surface area contributed by atoms with Crippen molar-refractivity contribution >= 4 is 17.5 Å². The molecule has 3 aromatic rings. The van der Waals surface area contributed by atoms with Crippen molar-refractivity contribution in [2.45, 2.75) is 25.0 Å². The van der Waals surface area contributed by atoms with Crippen LogP contribution in [0.25, 0.3) is 11.1 Å². The second-order valence-corrected chi connectivity index (χ2v) is 8.47. The Labute approximate surface area is 195 Å². The first-order valence-electron chi connectivity index (χ1n) is 10.5. The molecule has 1 unspecified atom stereocenters. The molecule has 5 N–H and O–H groups in total. The molecule has 4 rings (SSSR count). The van der Waals surface area contributed by atoms with Crippen LogP contribution in [0.5, 0.6) is 11.5 Å². The number of rotatable bonds is 7. The summed E-state index contributed by atoms with van der Waals surface area (Å²) in [6, 6.07) is 15.5. The van der Waals surface area contributed by atoms with E-state index in [4.69, 9.17) is 32.5 Å². The van der Waals surface area contributed by atoms with Gasteiger partial charge >= 0.3 is 0 Å². The Morgan fingerprint density at radius 3 is 2.58 bits per heavy atom. The number of amides is 1. The topological polar surface area (TPSA) is 108 Å². The average Bonchev–Trinajstić information content (AvgIpc) is 3.19. The summed E-state index contributed by atoms with van der Waals surface area (Å²) < 4.78 is 27.5. The fourth-order valence-electron chi connectivity index (χ4n) is 4.14. The number of carbonyl (C=O) groups is 1. The molecule has 0 aromatic heterocycles. The van der Waals surface area contributed by atoms with Crippen molar-refractivity contribution in [2.24, 2.45) is 11.5 Å². The molecule has 0 saturated carbocycles. The van der Waals surface area contributed by atoms with Crippen LogP contribution in [-0.4, -0.2) is 30.3 Å². The Morgan fingerprint density at radius 1 is 1.21 bits per heavy atom. The highest BCUT2D eigenvalue weighted by Gasteiger charge is 2.42. The van der Waals surface area contributed by atoms with Crippen molar-refractivity contribution < 1.29 is 23.8 Å². The van der Waals surface area contributed by atoms with Gasteiger partial charge in [-0.1, -0.05) is 41.9 Å². The smallest absolute Gasteiger partial charge is 0.249 e. The van der Waals surface area contributed by atoms with E-state index in [1.165, 1.54) is 19.1 Å². The average molecular weight is 471 g/mol. The molecular formula is C25H24ClFN2O4. The minimum absolute atomic E-state index is 0.0443. The lowest BCUT2D eigenvalue weighted by atomic mass is 9.85. The second-order valence-electron chi connectivity index (χ2n) is 8.07. The van der Waals surface area contributed by atoms with Crippen LogP contribution in [0.15, 0.2) is 54.6 Å². The van der Waals surface area contributed by atoms with Gasteiger partial charge in [0.2, 0.25) is 5.91 Å². The molecule has 1 aliphatic heterocycles. The minimum atomic E-state index is -0.868. The molecule has 0 bridgehead atoms. The van der Waals surface area contributed by atoms with Crippen LogP contribution in [0, 0.1) is 5.82 Å². The molecule has 0 saturated heterocycles. The standard InChI is InChI=1S/C25H24ClFN2O4/c1-14(30)12-32-20-9-7-16(24(29)31)22(23(20)27)21-17-11-25(13-28,15-5-3-2-4-6-15)33-19(17)10-8-18(21)26/h2-10,14,30H,11-13,28H2,1H3,(H2,29,31)/t14-,25?/m0/s1. The highest BCUT2D eigenvalue weighted by molar-refractivity contribution is 6.34. The molecule has 1 heterocycles. The van der Waals surface area contributed by atoms with Crippen molar-refractivity contribution in [2.75, 3.05) is 13.2 Å². The van der Waals surface area contributed by atoms with E-state index in [1.807, 2.05) is 30.3 Å². The summed E-state index contributed by atoms with van der Waals surface area (Å²) in [5.41, 5.74) is 12.5. The highest BCUT2D eigenvalue weighted by Crippen LogP contribution is 2.49. The molecule has 0 aliphatic carbocycles. The SMILES string of the molecule is C[C@H](O)COc1ccc(C(N)=O)c(-c2c(Cl)ccc3c2CC(CN)(c2ccccc2)O3)c1F. The Hall–Kier alpha value is -3.13. The van der Waals surface area contributed by atoms with Crippen molar-refractivity contribution in [1.82, 2.24) is 0 Å². The predicted octanol–water partition coefficient (Wildman–Crippen LogP) is 3.79. The van der Waals surface area contributed by atoms with E-state index >= 15 is 4.39 Å². The molecule has 172 valence electrons. The summed E-state index contributed by atoms with van der Waals surface area (Å²) in [5, 5.41) is 9.76. The number of halogens is 2. The Morgan fingerprint density at radius 2 is 1.94 bits per heavy atom. The van der Waals surface area contributed by atoms with Crippen LogP contribution in [0.1, 0.15) is 28.4 Å². The zero-order valence-corrected chi connectivity index (χ0v) is 18.7. The summed E-state index contributed by atoms with van der Waals surface area (Å²) in [6.07, 6.45) is -0.493. The van der Waals surface area contributed by atoms with Crippen LogP contribution < -0.4 is 20.9 Å². The van der Waals surface area contributed by atoms with Gasteiger partial charge in [0.1, 0.15) is 12.4 Å². The van der Waals surface area contributed by atoms with E-state index in [1.54, 1.807) is 12.1 Å². The van der Waals surface area contributed by atoms with Gasteiger partial charge in [-0.05, 0) is 36.8 Å². The molecule has 2 atom stereocenters. The van der Waals surface area contributed by atoms with Gasteiger partial charge in [-0.15, -0.1) is 0 Å². The van der Waals surface area contributed by atoms with Crippen LogP contribution in [-0.2, 0) is 12.0 Å². The third-order valence-corrected chi connectivity index (χ3v) is 6.03. The second kappa shape index (κ2) is 9.02. The summed E-state index contributed by atoms with van der Waals surface area (Å²) in [4.78, 5) is 12.2. The lowest BCUT2D eigenvalue weighted by molar-refractivity contribution is 0.0999. The van der Waals surface area contributed by atoms with Gasteiger partial charge in [0.15, 0.2) is 17.2 Å². The van der Waals surface area contributed by atoms with Crippen LogP contribution >= 0.6 is 11.6 Å². The maximum Gasteiger partial charge on any atom is 0.249 e. The molecular weight excluding hydrogens is 447 g/mol. The van der Waals surface area contributed by atoms with E-state index in [-0.39, 0.29) is 35.1 Å². The molecule has 3 aromatic carbocycles. The van der Waals surface area contributed by atoms with Crippen molar-refractivity contribution in [3.05, 3.63) is 82.1 Å². The zero-order valence-electron chi connectivity index (χ0n) is 18.0. The number of aliphatic hydroxyl groups is 1. The fourth-order valence-corrected chi connectivity index (χ4v) is 4.41. The van der Waals surface area contributed by atoms with Gasteiger partial charge in [-0.2, -0.15) is 0 Å².